The zero-order valence-corrected chi connectivity index (χ0v) is 6.69. The SMILES string of the molecule is C=C.C=C.[Cl-].[Ir]. The minimum atomic E-state index is 0. The second kappa shape index (κ2) is 602. The van der Waals surface area contributed by atoms with Crippen molar-refractivity contribution in [3.63, 3.8) is 0 Å². The molecule has 1 radical (unpaired) electrons. The molecule has 0 amide bonds. The van der Waals surface area contributed by atoms with E-state index in [0.717, 1.165) is 0 Å². The average Bonchev–Trinajstić information content (AvgIpc) is 1.50. The Morgan fingerprint density at radius 3 is 0.667 bits per heavy atom. The van der Waals surface area contributed by atoms with Crippen molar-refractivity contribution >= 4 is 0 Å². The van der Waals surface area contributed by atoms with Crippen LogP contribution in [0.5, 0.6) is 0 Å². The van der Waals surface area contributed by atoms with Crippen LogP contribution in [0.1, 0.15) is 0 Å². The Bertz CT molecular complexity index is 9.51. The first-order chi connectivity index (χ1) is 2.00. The molecule has 0 saturated heterocycles. The first kappa shape index (κ1) is 32.2. The summed E-state index contributed by atoms with van der Waals surface area (Å²) in [7, 11) is 0. The van der Waals surface area contributed by atoms with Crippen molar-refractivity contribution in [2.24, 2.45) is 0 Å². The van der Waals surface area contributed by atoms with Crippen molar-refractivity contribution in [3.8, 4) is 0 Å². The van der Waals surface area contributed by atoms with Crippen LogP contribution in [-0.2, 0) is 20.1 Å². The van der Waals surface area contributed by atoms with Crippen LogP contribution in [0.4, 0.5) is 0 Å². The van der Waals surface area contributed by atoms with Gasteiger partial charge in [0.2, 0.25) is 0 Å². The Labute approximate surface area is 59.1 Å². The molecule has 6 heavy (non-hydrogen) atoms. The van der Waals surface area contributed by atoms with E-state index in [1.807, 2.05) is 0 Å². The summed E-state index contributed by atoms with van der Waals surface area (Å²) in [6.45, 7) is 12.0. The maximum Gasteiger partial charge on any atom is 0 e. The Kier molecular flexibility index (Phi) is 3230. The van der Waals surface area contributed by atoms with Crippen molar-refractivity contribution in [1.29, 1.82) is 0 Å². The molecule has 0 nitrogen and oxygen atoms in total. The van der Waals surface area contributed by atoms with Gasteiger partial charge in [-0.05, 0) is 0 Å². The molecule has 0 aromatic rings. The fourth-order valence-electron chi connectivity index (χ4n) is 0. The molecule has 0 spiro atoms. The maximum atomic E-state index is 3.00. The third-order valence-corrected chi connectivity index (χ3v) is 0. The zero-order chi connectivity index (χ0) is 4.00. The van der Waals surface area contributed by atoms with E-state index in [9.17, 15) is 0 Å². The third kappa shape index (κ3) is 294. The largest absolute Gasteiger partial charge is 1.00 e. The number of hydrogen-bond acceptors (Lipinski definition) is 0. The summed E-state index contributed by atoms with van der Waals surface area (Å²) in [6.07, 6.45) is 0. The van der Waals surface area contributed by atoms with Gasteiger partial charge in [0.15, 0.2) is 0 Å². The summed E-state index contributed by atoms with van der Waals surface area (Å²) >= 11 is 0. The van der Waals surface area contributed by atoms with Gasteiger partial charge in [0.1, 0.15) is 0 Å². The standard InChI is InChI=1S/2C2H4.ClH.Ir/c2*1-2;;/h2*1-2H2;1H;/p-1. The van der Waals surface area contributed by atoms with Gasteiger partial charge in [0, 0.05) is 20.1 Å². The Balaban J connectivity index is -0.00000000500. The van der Waals surface area contributed by atoms with Crippen LogP contribution in [0.3, 0.4) is 0 Å². The molecule has 0 bridgehead atoms. The Hall–Kier alpha value is 0.419. The smallest absolute Gasteiger partial charge is 0 e. The molecule has 0 rings (SSSR count). The quantitative estimate of drug-likeness (QED) is 0.480. The molecule has 0 saturated carbocycles. The molecule has 0 unspecified atom stereocenters. The minimum absolute atomic E-state index is 0. The summed E-state index contributed by atoms with van der Waals surface area (Å²) in [6, 6.07) is 0. The summed E-state index contributed by atoms with van der Waals surface area (Å²) in [5, 5.41) is 0. The van der Waals surface area contributed by atoms with E-state index in [-0.39, 0.29) is 32.5 Å². The molecule has 0 fully saturated rings. The number of rotatable bonds is 0. The van der Waals surface area contributed by atoms with Crippen LogP contribution >= 0.6 is 0 Å². The van der Waals surface area contributed by atoms with E-state index in [2.05, 4.69) is 26.3 Å². The van der Waals surface area contributed by atoms with Gasteiger partial charge in [-0.2, -0.15) is 0 Å². The zero-order valence-electron chi connectivity index (χ0n) is 3.54. The van der Waals surface area contributed by atoms with Crippen molar-refractivity contribution in [2.75, 3.05) is 0 Å². The number of halogens is 1. The first-order valence-electron chi connectivity index (χ1n) is 1.000. The fraction of sp³-hybridized carbons (Fsp3) is 0. The van der Waals surface area contributed by atoms with Crippen LogP contribution in [0, 0.1) is 0 Å². The van der Waals surface area contributed by atoms with Crippen LogP contribution in [0.25, 0.3) is 0 Å². The summed E-state index contributed by atoms with van der Waals surface area (Å²) in [4.78, 5) is 0. The molecule has 0 N–H and O–H groups in total. The molecule has 0 aromatic heterocycles. The van der Waals surface area contributed by atoms with Crippen LogP contribution in [0.15, 0.2) is 26.3 Å². The Morgan fingerprint density at radius 2 is 0.667 bits per heavy atom. The number of hydrogen-bond donors (Lipinski definition) is 0. The van der Waals surface area contributed by atoms with E-state index < -0.39 is 0 Å². The predicted molar refractivity (Wildman–Crippen MR) is 22.5 cm³/mol. The van der Waals surface area contributed by atoms with E-state index in [1.165, 1.54) is 0 Å². The molecule has 0 heterocycles. The topological polar surface area (TPSA) is 0 Å². The van der Waals surface area contributed by atoms with Gasteiger partial charge in [-0.25, -0.2) is 0 Å². The van der Waals surface area contributed by atoms with E-state index in [0.29, 0.717) is 0 Å². The molecule has 2 heteroatoms. The average molecular weight is 284 g/mol. The Morgan fingerprint density at radius 1 is 0.667 bits per heavy atom. The van der Waals surface area contributed by atoms with Gasteiger partial charge in [-0.15, -0.1) is 26.3 Å². The van der Waals surface area contributed by atoms with Gasteiger partial charge in [0.05, 0.1) is 0 Å². The summed E-state index contributed by atoms with van der Waals surface area (Å²) in [5.41, 5.74) is 0. The second-order valence-corrected chi connectivity index (χ2v) is 0. The predicted octanol–water partition coefficient (Wildman–Crippen LogP) is -1.39. The fourth-order valence-corrected chi connectivity index (χ4v) is 0. The van der Waals surface area contributed by atoms with Crippen LogP contribution in [0.2, 0.25) is 0 Å². The van der Waals surface area contributed by atoms with Crippen molar-refractivity contribution in [3.05, 3.63) is 26.3 Å². The van der Waals surface area contributed by atoms with Crippen molar-refractivity contribution < 1.29 is 32.5 Å². The summed E-state index contributed by atoms with van der Waals surface area (Å²) < 4.78 is 0. The minimum Gasteiger partial charge on any atom is -1.00 e. The monoisotopic (exact) mass is 284 g/mol. The molecule has 0 aliphatic carbocycles. The van der Waals surface area contributed by atoms with Gasteiger partial charge in [0.25, 0.3) is 0 Å². The third-order valence-electron chi connectivity index (χ3n) is 0. The van der Waals surface area contributed by atoms with Crippen molar-refractivity contribution in [1.82, 2.24) is 0 Å². The molecular formula is C4H8ClIr-. The van der Waals surface area contributed by atoms with E-state index in [1.54, 1.807) is 0 Å². The second-order valence-electron chi connectivity index (χ2n) is 0. The first-order valence-corrected chi connectivity index (χ1v) is 1.000. The van der Waals surface area contributed by atoms with Gasteiger partial charge < -0.3 is 12.4 Å². The molecule has 0 aliphatic heterocycles. The van der Waals surface area contributed by atoms with Gasteiger partial charge in [-0.3, -0.25) is 0 Å². The van der Waals surface area contributed by atoms with Crippen LogP contribution < -0.4 is 12.4 Å². The van der Waals surface area contributed by atoms with Gasteiger partial charge >= 0.3 is 0 Å². The molecule has 0 aromatic carbocycles. The van der Waals surface area contributed by atoms with Crippen molar-refractivity contribution in [2.45, 2.75) is 0 Å². The summed E-state index contributed by atoms with van der Waals surface area (Å²) in [5.74, 6) is 0. The normalized spacial score (nSPS) is 1.33. The molecule has 0 atom stereocenters. The van der Waals surface area contributed by atoms with E-state index >= 15 is 0 Å². The molecular weight excluding hydrogens is 276 g/mol. The molecule has 41 valence electrons. The maximum absolute atomic E-state index is 3.00. The van der Waals surface area contributed by atoms with E-state index in [4.69, 9.17) is 0 Å². The van der Waals surface area contributed by atoms with Crippen LogP contribution in [-0.4, -0.2) is 0 Å². The molecule has 0 aliphatic rings. The van der Waals surface area contributed by atoms with Gasteiger partial charge in [-0.1, -0.05) is 0 Å².